The van der Waals surface area contributed by atoms with Crippen LogP contribution in [0.15, 0.2) is 0 Å². The Morgan fingerprint density at radius 1 is 1.38 bits per heavy atom. The van der Waals surface area contributed by atoms with E-state index in [1.165, 1.54) is 25.9 Å². The van der Waals surface area contributed by atoms with Crippen LogP contribution < -0.4 is 5.32 Å². The maximum absolute atomic E-state index is 3.70. The third kappa shape index (κ3) is 4.10. The monoisotopic (exact) mass is 184 g/mol. The summed E-state index contributed by atoms with van der Waals surface area (Å²) in [5, 5.41) is 3.70. The molecule has 13 heavy (non-hydrogen) atoms. The highest BCUT2D eigenvalue weighted by molar-refractivity contribution is 4.81. The molecule has 0 radical (unpaired) electrons. The smallest absolute Gasteiger partial charge is 0.0209 e. The Kier molecular flexibility index (Phi) is 4.20. The van der Waals surface area contributed by atoms with Crippen molar-refractivity contribution in [3.8, 4) is 0 Å². The lowest BCUT2D eigenvalue weighted by Gasteiger charge is -2.20. The van der Waals surface area contributed by atoms with Crippen LogP contribution in [0.5, 0.6) is 0 Å². The molecule has 0 spiro atoms. The number of hydrogen-bond acceptors (Lipinski definition) is 2. The van der Waals surface area contributed by atoms with Crippen molar-refractivity contribution in [1.29, 1.82) is 0 Å². The zero-order valence-corrected chi connectivity index (χ0v) is 9.51. The summed E-state index contributed by atoms with van der Waals surface area (Å²) in [7, 11) is 2.20. The van der Waals surface area contributed by atoms with Crippen molar-refractivity contribution in [3.63, 3.8) is 0 Å². The summed E-state index contributed by atoms with van der Waals surface area (Å²) in [5.41, 5.74) is 0. The fourth-order valence-corrected chi connectivity index (χ4v) is 2.25. The van der Waals surface area contributed by atoms with Gasteiger partial charge in [0.25, 0.3) is 0 Å². The molecule has 1 saturated heterocycles. The minimum atomic E-state index is 0.677. The van der Waals surface area contributed by atoms with E-state index in [0.29, 0.717) is 6.04 Å². The van der Waals surface area contributed by atoms with Gasteiger partial charge in [-0.2, -0.15) is 0 Å². The fraction of sp³-hybridized carbons (Fsp3) is 1.00. The molecule has 2 atom stereocenters. The summed E-state index contributed by atoms with van der Waals surface area (Å²) >= 11 is 0. The lowest BCUT2D eigenvalue weighted by atomic mass is 10.0. The lowest BCUT2D eigenvalue weighted by molar-refractivity contribution is 0.365. The molecule has 2 nitrogen and oxygen atoms in total. The lowest BCUT2D eigenvalue weighted by Crippen LogP contribution is -2.38. The Morgan fingerprint density at radius 3 is 2.54 bits per heavy atom. The second-order valence-corrected chi connectivity index (χ2v) is 4.95. The molecule has 1 heterocycles. The minimum absolute atomic E-state index is 0.677. The van der Waals surface area contributed by atoms with Gasteiger partial charge >= 0.3 is 0 Å². The van der Waals surface area contributed by atoms with Gasteiger partial charge in [0.1, 0.15) is 0 Å². The quantitative estimate of drug-likeness (QED) is 0.715. The number of likely N-dealkylation sites (N-methyl/N-ethyl adjacent to an activating group) is 1. The summed E-state index contributed by atoms with van der Waals surface area (Å²) in [6, 6.07) is 1.41. The zero-order chi connectivity index (χ0) is 9.84. The third-order valence-corrected chi connectivity index (χ3v) is 2.74. The topological polar surface area (TPSA) is 15.3 Å². The maximum Gasteiger partial charge on any atom is 0.0209 e. The van der Waals surface area contributed by atoms with Gasteiger partial charge in [-0.3, -0.25) is 0 Å². The molecule has 1 N–H and O–H groups in total. The van der Waals surface area contributed by atoms with E-state index < -0.39 is 0 Å². The second-order valence-electron chi connectivity index (χ2n) is 4.95. The molecule has 0 aliphatic carbocycles. The SMILES string of the molecule is CC(C)C[C@H](C)N[C@H]1CCN(C)C1. The standard InChI is InChI=1S/C11H24N2/c1-9(2)7-10(3)12-11-5-6-13(4)8-11/h9-12H,5-8H2,1-4H3/t10-,11-/m0/s1. The van der Waals surface area contributed by atoms with E-state index in [4.69, 9.17) is 0 Å². The molecule has 0 saturated carbocycles. The molecular weight excluding hydrogens is 160 g/mol. The summed E-state index contributed by atoms with van der Waals surface area (Å²) in [5.74, 6) is 0.807. The Labute approximate surface area is 82.7 Å². The summed E-state index contributed by atoms with van der Waals surface area (Å²) in [6.45, 7) is 9.37. The van der Waals surface area contributed by atoms with Crippen molar-refractivity contribution >= 4 is 0 Å². The van der Waals surface area contributed by atoms with Gasteiger partial charge < -0.3 is 10.2 Å². The summed E-state index contributed by atoms with van der Waals surface area (Å²) in [4.78, 5) is 2.40. The van der Waals surface area contributed by atoms with Crippen molar-refractivity contribution in [2.24, 2.45) is 5.92 Å². The van der Waals surface area contributed by atoms with E-state index in [9.17, 15) is 0 Å². The Hall–Kier alpha value is -0.0800. The molecule has 1 fully saturated rings. The average Bonchev–Trinajstić information content (AvgIpc) is 2.33. The molecule has 0 amide bonds. The molecule has 0 aromatic rings. The Bertz CT molecular complexity index is 145. The molecule has 0 bridgehead atoms. The van der Waals surface area contributed by atoms with Crippen LogP contribution >= 0.6 is 0 Å². The highest BCUT2D eigenvalue weighted by atomic mass is 15.2. The van der Waals surface area contributed by atoms with E-state index in [-0.39, 0.29) is 0 Å². The highest BCUT2D eigenvalue weighted by Gasteiger charge is 2.20. The number of hydrogen-bond donors (Lipinski definition) is 1. The predicted octanol–water partition coefficient (Wildman–Crippen LogP) is 1.71. The largest absolute Gasteiger partial charge is 0.310 e. The van der Waals surface area contributed by atoms with Crippen LogP contribution in [0.4, 0.5) is 0 Å². The van der Waals surface area contributed by atoms with Gasteiger partial charge in [0.05, 0.1) is 0 Å². The van der Waals surface area contributed by atoms with Crippen LogP contribution in [0.2, 0.25) is 0 Å². The van der Waals surface area contributed by atoms with Gasteiger partial charge in [-0.1, -0.05) is 13.8 Å². The van der Waals surface area contributed by atoms with Crippen LogP contribution in [-0.4, -0.2) is 37.1 Å². The first-order valence-corrected chi connectivity index (χ1v) is 5.52. The first kappa shape index (κ1) is 11.0. The summed E-state index contributed by atoms with van der Waals surface area (Å²) in [6.07, 6.45) is 2.61. The van der Waals surface area contributed by atoms with E-state index in [1.807, 2.05) is 0 Å². The molecule has 78 valence electrons. The van der Waals surface area contributed by atoms with Crippen LogP contribution in [0.3, 0.4) is 0 Å². The van der Waals surface area contributed by atoms with E-state index in [0.717, 1.165) is 12.0 Å². The fourth-order valence-electron chi connectivity index (χ4n) is 2.25. The van der Waals surface area contributed by atoms with E-state index >= 15 is 0 Å². The van der Waals surface area contributed by atoms with Crippen LogP contribution in [0.25, 0.3) is 0 Å². The van der Waals surface area contributed by atoms with Crippen LogP contribution in [-0.2, 0) is 0 Å². The van der Waals surface area contributed by atoms with E-state index in [1.54, 1.807) is 0 Å². The van der Waals surface area contributed by atoms with Gasteiger partial charge in [-0.25, -0.2) is 0 Å². The van der Waals surface area contributed by atoms with Crippen LogP contribution in [0, 0.1) is 5.92 Å². The molecule has 2 heteroatoms. The number of nitrogens with zero attached hydrogens (tertiary/aromatic N) is 1. The van der Waals surface area contributed by atoms with Crippen molar-refractivity contribution in [2.75, 3.05) is 20.1 Å². The number of likely N-dealkylation sites (tertiary alicyclic amines) is 1. The van der Waals surface area contributed by atoms with Gasteiger partial charge in [0, 0.05) is 18.6 Å². The zero-order valence-electron chi connectivity index (χ0n) is 9.51. The molecule has 1 aliphatic rings. The molecule has 0 unspecified atom stereocenters. The van der Waals surface area contributed by atoms with Crippen molar-refractivity contribution in [2.45, 2.75) is 45.7 Å². The Morgan fingerprint density at radius 2 is 2.08 bits per heavy atom. The van der Waals surface area contributed by atoms with Gasteiger partial charge in [0.2, 0.25) is 0 Å². The van der Waals surface area contributed by atoms with Crippen molar-refractivity contribution in [1.82, 2.24) is 10.2 Å². The summed E-state index contributed by atoms with van der Waals surface area (Å²) < 4.78 is 0. The number of nitrogens with one attached hydrogen (secondary N) is 1. The van der Waals surface area contributed by atoms with Crippen LogP contribution in [0.1, 0.15) is 33.6 Å². The first-order valence-electron chi connectivity index (χ1n) is 5.52. The van der Waals surface area contributed by atoms with Crippen molar-refractivity contribution in [3.05, 3.63) is 0 Å². The normalized spacial score (nSPS) is 27.0. The third-order valence-electron chi connectivity index (χ3n) is 2.74. The highest BCUT2D eigenvalue weighted by Crippen LogP contribution is 2.10. The minimum Gasteiger partial charge on any atom is -0.310 e. The van der Waals surface area contributed by atoms with Gasteiger partial charge in [-0.15, -0.1) is 0 Å². The molecule has 0 aromatic heterocycles. The van der Waals surface area contributed by atoms with Crippen molar-refractivity contribution < 1.29 is 0 Å². The maximum atomic E-state index is 3.70. The average molecular weight is 184 g/mol. The predicted molar refractivity (Wildman–Crippen MR) is 58.0 cm³/mol. The van der Waals surface area contributed by atoms with Gasteiger partial charge in [-0.05, 0) is 39.3 Å². The number of rotatable bonds is 4. The second kappa shape index (κ2) is 4.97. The van der Waals surface area contributed by atoms with E-state index in [2.05, 4.69) is 38.0 Å². The molecule has 1 rings (SSSR count). The first-order chi connectivity index (χ1) is 6.08. The van der Waals surface area contributed by atoms with Gasteiger partial charge in [0.15, 0.2) is 0 Å². The molecule has 1 aliphatic heterocycles. The molecular formula is C11H24N2. The Balaban J connectivity index is 2.16. The molecule has 0 aromatic carbocycles.